The van der Waals surface area contributed by atoms with Gasteiger partial charge in [-0.1, -0.05) is 13.3 Å². The molecule has 4 nitrogen and oxygen atoms in total. The van der Waals surface area contributed by atoms with E-state index in [0.717, 1.165) is 63.8 Å². The molecule has 6 heteroatoms. The predicted octanol–water partition coefficient (Wildman–Crippen LogP) is 1.99. The molecule has 0 radical (unpaired) electrons. The first kappa shape index (κ1) is 18.2. The summed E-state index contributed by atoms with van der Waals surface area (Å²) in [6, 6.07) is 0.256. The lowest BCUT2D eigenvalue weighted by atomic mass is 9.91. The molecular weight excluding hydrogens is 320 g/mol. The van der Waals surface area contributed by atoms with Crippen molar-refractivity contribution < 1.29 is 9.00 Å². The highest BCUT2D eigenvalue weighted by Gasteiger charge is 2.57. The summed E-state index contributed by atoms with van der Waals surface area (Å²) in [5.41, 5.74) is 0.315. The molecule has 1 saturated heterocycles. The van der Waals surface area contributed by atoms with Crippen LogP contribution < -0.4 is 10.6 Å². The van der Waals surface area contributed by atoms with Crippen molar-refractivity contribution >= 4 is 29.1 Å². The van der Waals surface area contributed by atoms with Crippen LogP contribution in [0.5, 0.6) is 0 Å². The highest BCUT2D eigenvalue weighted by molar-refractivity contribution is 7.85. The van der Waals surface area contributed by atoms with Gasteiger partial charge in [-0.05, 0) is 57.0 Å². The number of carbonyl (C=O) groups is 1. The van der Waals surface area contributed by atoms with Gasteiger partial charge < -0.3 is 10.6 Å². The maximum absolute atomic E-state index is 12.5. The van der Waals surface area contributed by atoms with Gasteiger partial charge in [-0.15, -0.1) is 12.4 Å². The molecule has 1 aliphatic heterocycles. The van der Waals surface area contributed by atoms with E-state index in [4.69, 9.17) is 0 Å². The minimum absolute atomic E-state index is 0. The molecule has 3 rings (SSSR count). The van der Waals surface area contributed by atoms with E-state index in [9.17, 15) is 9.00 Å². The number of hydrogen-bond donors (Lipinski definition) is 2. The molecule has 3 aliphatic rings. The zero-order valence-electron chi connectivity index (χ0n) is 13.4. The molecule has 2 aliphatic carbocycles. The monoisotopic (exact) mass is 348 g/mol. The summed E-state index contributed by atoms with van der Waals surface area (Å²) in [6.45, 7) is 4.11. The number of carbonyl (C=O) groups excluding carboxylic acids is 1. The van der Waals surface area contributed by atoms with Gasteiger partial charge in [0.15, 0.2) is 0 Å². The first-order valence-corrected chi connectivity index (χ1v) is 9.91. The number of piperidine rings is 1. The van der Waals surface area contributed by atoms with Crippen LogP contribution in [0, 0.1) is 11.3 Å². The van der Waals surface area contributed by atoms with Crippen LogP contribution in [0.4, 0.5) is 0 Å². The van der Waals surface area contributed by atoms with Gasteiger partial charge >= 0.3 is 0 Å². The van der Waals surface area contributed by atoms with Gasteiger partial charge in [0, 0.05) is 33.8 Å². The molecule has 1 amide bonds. The van der Waals surface area contributed by atoms with E-state index in [-0.39, 0.29) is 30.3 Å². The van der Waals surface area contributed by atoms with Crippen molar-refractivity contribution in [2.45, 2.75) is 63.2 Å². The van der Waals surface area contributed by atoms with Gasteiger partial charge in [0.1, 0.15) is 0 Å². The van der Waals surface area contributed by atoms with Gasteiger partial charge in [0.25, 0.3) is 0 Å². The average molecular weight is 349 g/mol. The van der Waals surface area contributed by atoms with Gasteiger partial charge in [0.2, 0.25) is 5.91 Å². The Labute approximate surface area is 142 Å². The molecule has 0 bridgehead atoms. The third-order valence-electron chi connectivity index (χ3n) is 5.73. The summed E-state index contributed by atoms with van der Waals surface area (Å²) < 4.78 is 12.0. The number of halogens is 1. The molecule has 1 spiro atoms. The molecular formula is C16H29ClN2O2S. The molecule has 22 heavy (non-hydrogen) atoms. The summed E-state index contributed by atoms with van der Waals surface area (Å²) in [4.78, 5) is 12.5. The van der Waals surface area contributed by atoms with E-state index in [0.29, 0.717) is 10.7 Å². The van der Waals surface area contributed by atoms with Crippen LogP contribution >= 0.6 is 12.4 Å². The molecule has 0 aromatic carbocycles. The van der Waals surface area contributed by atoms with Crippen molar-refractivity contribution in [1.29, 1.82) is 0 Å². The zero-order chi connectivity index (χ0) is 14.9. The topological polar surface area (TPSA) is 58.2 Å². The molecule has 4 atom stereocenters. The third kappa shape index (κ3) is 3.85. The van der Waals surface area contributed by atoms with Crippen LogP contribution in [0.3, 0.4) is 0 Å². The van der Waals surface area contributed by atoms with E-state index >= 15 is 0 Å². The summed E-state index contributed by atoms with van der Waals surface area (Å²) in [6.07, 6.45) is 7.51. The van der Waals surface area contributed by atoms with Gasteiger partial charge in [0.05, 0.1) is 0 Å². The third-order valence-corrected chi connectivity index (χ3v) is 7.48. The molecule has 4 unspecified atom stereocenters. The van der Waals surface area contributed by atoms with Crippen molar-refractivity contribution in [1.82, 2.24) is 10.6 Å². The van der Waals surface area contributed by atoms with E-state index < -0.39 is 10.8 Å². The van der Waals surface area contributed by atoms with Crippen molar-refractivity contribution in [3.8, 4) is 0 Å². The maximum atomic E-state index is 12.5. The van der Waals surface area contributed by atoms with Crippen LogP contribution in [-0.4, -0.2) is 40.3 Å². The molecule has 1 heterocycles. The number of rotatable bonds is 4. The number of amides is 1. The summed E-state index contributed by atoms with van der Waals surface area (Å²) >= 11 is 0. The van der Waals surface area contributed by atoms with Crippen LogP contribution in [-0.2, 0) is 15.6 Å². The second-order valence-corrected chi connectivity index (χ2v) is 9.04. The summed E-state index contributed by atoms with van der Waals surface area (Å²) in [7, 11) is -0.714. The highest BCUT2D eigenvalue weighted by Crippen LogP contribution is 2.58. The minimum Gasteiger partial charge on any atom is -0.353 e. The summed E-state index contributed by atoms with van der Waals surface area (Å²) in [5, 5.41) is 6.94. The Morgan fingerprint density at radius 1 is 1.32 bits per heavy atom. The fourth-order valence-electron chi connectivity index (χ4n) is 4.25. The standard InChI is InChI=1S/C16H28N2O2S.ClH/c1-2-21(20)13-5-3-4-12(10-13)18-15(19)14-11-16(14)6-8-17-9-7-16;/h12-14,17H,2-11H2,1H3,(H,18,19);1H. The lowest BCUT2D eigenvalue weighted by molar-refractivity contribution is -0.124. The smallest absolute Gasteiger partial charge is 0.223 e. The zero-order valence-corrected chi connectivity index (χ0v) is 15.1. The van der Waals surface area contributed by atoms with E-state index in [1.165, 1.54) is 0 Å². The molecule has 128 valence electrons. The van der Waals surface area contributed by atoms with Gasteiger partial charge in [-0.3, -0.25) is 9.00 Å². The second kappa shape index (κ2) is 7.63. The normalized spacial score (nSPS) is 34.5. The van der Waals surface area contributed by atoms with Gasteiger partial charge in [-0.25, -0.2) is 0 Å². The largest absolute Gasteiger partial charge is 0.353 e. The van der Waals surface area contributed by atoms with Gasteiger partial charge in [-0.2, -0.15) is 0 Å². The Kier molecular flexibility index (Phi) is 6.31. The molecule has 0 aromatic heterocycles. The SMILES string of the molecule is CCS(=O)C1CCCC(NC(=O)C2CC23CCNCC3)C1.Cl. The Bertz CT molecular complexity index is 426. The lowest BCUT2D eigenvalue weighted by Gasteiger charge is -2.30. The number of nitrogens with one attached hydrogen (secondary N) is 2. The Morgan fingerprint density at radius 3 is 2.73 bits per heavy atom. The van der Waals surface area contributed by atoms with Crippen molar-refractivity contribution in [2.24, 2.45) is 11.3 Å². The maximum Gasteiger partial charge on any atom is 0.223 e. The Balaban J connectivity index is 0.00000176. The van der Waals surface area contributed by atoms with E-state index in [1.807, 2.05) is 6.92 Å². The molecule has 2 saturated carbocycles. The first-order valence-electron chi connectivity index (χ1n) is 8.53. The van der Waals surface area contributed by atoms with Crippen molar-refractivity contribution in [3.05, 3.63) is 0 Å². The van der Waals surface area contributed by atoms with Crippen LogP contribution in [0.15, 0.2) is 0 Å². The van der Waals surface area contributed by atoms with Crippen LogP contribution in [0.2, 0.25) is 0 Å². The van der Waals surface area contributed by atoms with Crippen LogP contribution in [0.1, 0.15) is 51.9 Å². The van der Waals surface area contributed by atoms with Crippen molar-refractivity contribution in [3.63, 3.8) is 0 Å². The van der Waals surface area contributed by atoms with E-state index in [2.05, 4.69) is 10.6 Å². The molecule has 2 N–H and O–H groups in total. The fraction of sp³-hybridized carbons (Fsp3) is 0.938. The predicted molar refractivity (Wildman–Crippen MR) is 92.8 cm³/mol. The summed E-state index contributed by atoms with van der Waals surface area (Å²) in [5.74, 6) is 1.26. The Hall–Kier alpha value is -0.130. The van der Waals surface area contributed by atoms with E-state index in [1.54, 1.807) is 0 Å². The second-order valence-electron chi connectivity index (χ2n) is 7.03. The lowest BCUT2D eigenvalue weighted by Crippen LogP contribution is -2.43. The quantitative estimate of drug-likeness (QED) is 0.817. The molecule has 0 aromatic rings. The minimum atomic E-state index is -0.714. The van der Waals surface area contributed by atoms with Crippen molar-refractivity contribution in [2.75, 3.05) is 18.8 Å². The average Bonchev–Trinajstić information content (AvgIpc) is 3.21. The fourth-order valence-corrected chi connectivity index (χ4v) is 5.60. The Morgan fingerprint density at radius 2 is 2.05 bits per heavy atom. The highest BCUT2D eigenvalue weighted by atomic mass is 35.5. The molecule has 3 fully saturated rings. The van der Waals surface area contributed by atoms with Crippen LogP contribution in [0.25, 0.3) is 0 Å². The first-order chi connectivity index (χ1) is 10.1. The number of hydrogen-bond acceptors (Lipinski definition) is 3.